The Morgan fingerprint density at radius 1 is 0.971 bits per heavy atom. The minimum Gasteiger partial charge on any atom is -0.483 e. The molecule has 0 saturated carbocycles. The molecule has 0 heterocycles. The molecule has 9 heteroatoms. The Labute approximate surface area is 199 Å². The van der Waals surface area contributed by atoms with Crippen molar-refractivity contribution in [2.45, 2.75) is 13.1 Å². The fourth-order valence-corrected chi connectivity index (χ4v) is 3.07. The van der Waals surface area contributed by atoms with Crippen LogP contribution in [0.4, 0.5) is 24.5 Å². The van der Waals surface area contributed by atoms with Crippen molar-refractivity contribution in [2.75, 3.05) is 17.2 Å². The molecule has 0 radical (unpaired) electrons. The number of nitrogens with zero attached hydrogens (tertiary/aromatic N) is 1. The molecule has 3 rings (SSSR count). The van der Waals surface area contributed by atoms with E-state index in [4.69, 9.17) is 4.74 Å². The maximum atomic E-state index is 12.9. The quantitative estimate of drug-likeness (QED) is 0.342. The SMILES string of the molecule is Cc1cccc(NC(=O)COc2ccccc2/C=C(\C#N)C(=O)Nc2cccc(C(F)(F)F)c2)c1. The normalized spacial score (nSPS) is 11.3. The van der Waals surface area contributed by atoms with Crippen molar-refractivity contribution in [3.8, 4) is 11.8 Å². The summed E-state index contributed by atoms with van der Waals surface area (Å²) in [5.74, 6) is -1.05. The van der Waals surface area contributed by atoms with E-state index in [1.807, 2.05) is 13.0 Å². The van der Waals surface area contributed by atoms with Gasteiger partial charge in [-0.05, 0) is 55.0 Å². The molecular weight excluding hydrogens is 459 g/mol. The van der Waals surface area contributed by atoms with Crippen LogP contribution in [-0.4, -0.2) is 18.4 Å². The van der Waals surface area contributed by atoms with Gasteiger partial charge in [0, 0.05) is 16.9 Å². The zero-order valence-corrected chi connectivity index (χ0v) is 18.5. The summed E-state index contributed by atoms with van der Waals surface area (Å²) < 4.78 is 44.3. The molecule has 0 aliphatic rings. The van der Waals surface area contributed by atoms with E-state index in [0.717, 1.165) is 23.8 Å². The van der Waals surface area contributed by atoms with E-state index in [0.29, 0.717) is 11.3 Å². The first-order chi connectivity index (χ1) is 16.7. The van der Waals surface area contributed by atoms with Crippen LogP contribution in [0.15, 0.2) is 78.4 Å². The predicted octanol–water partition coefficient (Wildman–Crippen LogP) is 5.58. The van der Waals surface area contributed by atoms with Gasteiger partial charge >= 0.3 is 6.18 Å². The second-order valence-corrected chi connectivity index (χ2v) is 7.45. The van der Waals surface area contributed by atoms with Crippen LogP contribution < -0.4 is 15.4 Å². The molecule has 35 heavy (non-hydrogen) atoms. The van der Waals surface area contributed by atoms with Gasteiger partial charge in [-0.2, -0.15) is 18.4 Å². The Morgan fingerprint density at radius 2 is 1.66 bits per heavy atom. The number of hydrogen-bond donors (Lipinski definition) is 2. The Bertz CT molecular complexity index is 1310. The average Bonchev–Trinajstić information content (AvgIpc) is 2.81. The van der Waals surface area contributed by atoms with Gasteiger partial charge in [-0.15, -0.1) is 0 Å². The van der Waals surface area contributed by atoms with Gasteiger partial charge in [0.1, 0.15) is 17.4 Å². The number of alkyl halides is 3. The van der Waals surface area contributed by atoms with Crippen LogP contribution in [0.25, 0.3) is 6.08 Å². The molecule has 3 aromatic carbocycles. The van der Waals surface area contributed by atoms with Crippen LogP contribution >= 0.6 is 0 Å². The number of nitriles is 1. The zero-order valence-electron chi connectivity index (χ0n) is 18.5. The lowest BCUT2D eigenvalue weighted by Gasteiger charge is -2.11. The summed E-state index contributed by atoms with van der Waals surface area (Å²) in [4.78, 5) is 24.8. The van der Waals surface area contributed by atoms with Crippen molar-refractivity contribution in [3.63, 3.8) is 0 Å². The summed E-state index contributed by atoms with van der Waals surface area (Å²) in [6.45, 7) is 1.57. The summed E-state index contributed by atoms with van der Waals surface area (Å²) in [5.41, 5.74) is 0.537. The number of ether oxygens (including phenoxy) is 1. The van der Waals surface area contributed by atoms with Crippen molar-refractivity contribution in [3.05, 3.63) is 95.1 Å². The number of hydrogen-bond acceptors (Lipinski definition) is 4. The number of halogens is 3. The molecule has 0 aliphatic heterocycles. The van der Waals surface area contributed by atoms with Gasteiger partial charge in [0.2, 0.25) is 0 Å². The first-order valence-electron chi connectivity index (χ1n) is 10.3. The van der Waals surface area contributed by atoms with Crippen LogP contribution in [0.5, 0.6) is 5.75 Å². The molecule has 0 atom stereocenters. The average molecular weight is 479 g/mol. The largest absolute Gasteiger partial charge is 0.483 e. The van der Waals surface area contributed by atoms with Crippen LogP contribution in [0.2, 0.25) is 0 Å². The van der Waals surface area contributed by atoms with Gasteiger partial charge in [0.05, 0.1) is 5.56 Å². The van der Waals surface area contributed by atoms with Gasteiger partial charge in [0.15, 0.2) is 6.61 Å². The van der Waals surface area contributed by atoms with Crippen LogP contribution in [0.3, 0.4) is 0 Å². The maximum Gasteiger partial charge on any atom is 0.416 e. The molecule has 178 valence electrons. The number of amides is 2. The van der Waals surface area contributed by atoms with Gasteiger partial charge in [0.25, 0.3) is 11.8 Å². The van der Waals surface area contributed by atoms with Gasteiger partial charge < -0.3 is 15.4 Å². The lowest BCUT2D eigenvalue weighted by Crippen LogP contribution is -2.20. The second kappa shape index (κ2) is 11.0. The standard InChI is InChI=1S/C26H20F3N3O3/c1-17-6-4-9-21(12-17)31-24(33)16-35-23-11-3-2-7-18(23)13-19(15-30)25(34)32-22-10-5-8-20(14-22)26(27,28)29/h2-14H,16H2,1H3,(H,31,33)(H,32,34)/b19-13+. The molecular formula is C26H20F3N3O3. The van der Waals surface area contributed by atoms with Crippen molar-refractivity contribution >= 4 is 29.3 Å². The predicted molar refractivity (Wildman–Crippen MR) is 125 cm³/mol. The van der Waals surface area contributed by atoms with E-state index in [-0.39, 0.29) is 23.6 Å². The molecule has 3 aromatic rings. The zero-order chi connectivity index (χ0) is 25.4. The van der Waals surface area contributed by atoms with Crippen molar-refractivity contribution in [1.82, 2.24) is 0 Å². The summed E-state index contributed by atoms with van der Waals surface area (Å²) in [5, 5.41) is 14.5. The third-order valence-electron chi connectivity index (χ3n) is 4.69. The highest BCUT2D eigenvalue weighted by molar-refractivity contribution is 6.09. The van der Waals surface area contributed by atoms with Crippen LogP contribution in [0, 0.1) is 18.3 Å². The number of para-hydroxylation sites is 1. The highest BCUT2D eigenvalue weighted by Gasteiger charge is 2.30. The third kappa shape index (κ3) is 7.20. The fraction of sp³-hybridized carbons (Fsp3) is 0.115. The smallest absolute Gasteiger partial charge is 0.416 e. The topological polar surface area (TPSA) is 91.2 Å². The van der Waals surface area contributed by atoms with E-state index < -0.39 is 23.6 Å². The molecule has 0 spiro atoms. The Kier molecular flexibility index (Phi) is 7.89. The number of carbonyl (C=O) groups is 2. The van der Waals surface area contributed by atoms with Crippen LogP contribution in [-0.2, 0) is 15.8 Å². The first-order valence-corrected chi connectivity index (χ1v) is 10.3. The molecule has 0 aliphatic carbocycles. The number of rotatable bonds is 7. The van der Waals surface area contributed by atoms with Gasteiger partial charge in [-0.1, -0.05) is 36.4 Å². The Hall–Kier alpha value is -4.58. The number of carbonyl (C=O) groups excluding carboxylic acids is 2. The molecule has 0 unspecified atom stereocenters. The number of nitrogens with one attached hydrogen (secondary N) is 2. The molecule has 6 nitrogen and oxygen atoms in total. The monoisotopic (exact) mass is 479 g/mol. The van der Waals surface area contributed by atoms with Crippen molar-refractivity contribution in [1.29, 1.82) is 5.26 Å². The number of anilines is 2. The van der Waals surface area contributed by atoms with E-state index in [9.17, 15) is 28.0 Å². The highest BCUT2D eigenvalue weighted by atomic mass is 19.4. The fourth-order valence-electron chi connectivity index (χ4n) is 3.07. The summed E-state index contributed by atoms with van der Waals surface area (Å²) in [6.07, 6.45) is -3.34. The third-order valence-corrected chi connectivity index (χ3v) is 4.69. The minimum atomic E-state index is -4.57. The van der Waals surface area contributed by atoms with E-state index in [1.54, 1.807) is 48.5 Å². The summed E-state index contributed by atoms with van der Waals surface area (Å²) >= 11 is 0. The molecule has 0 bridgehead atoms. The second-order valence-electron chi connectivity index (χ2n) is 7.45. The van der Waals surface area contributed by atoms with Gasteiger partial charge in [-0.3, -0.25) is 9.59 Å². The van der Waals surface area contributed by atoms with E-state index in [1.165, 1.54) is 12.1 Å². The number of benzene rings is 3. The van der Waals surface area contributed by atoms with Crippen LogP contribution in [0.1, 0.15) is 16.7 Å². The Balaban J connectivity index is 1.72. The molecule has 0 aromatic heterocycles. The lowest BCUT2D eigenvalue weighted by atomic mass is 10.1. The molecule has 2 amide bonds. The molecule has 0 fully saturated rings. The van der Waals surface area contributed by atoms with Gasteiger partial charge in [-0.25, -0.2) is 0 Å². The number of aryl methyl sites for hydroxylation is 1. The Morgan fingerprint density at radius 3 is 2.34 bits per heavy atom. The minimum absolute atomic E-state index is 0.108. The first kappa shape index (κ1) is 25.1. The molecule has 0 saturated heterocycles. The maximum absolute atomic E-state index is 12.9. The van der Waals surface area contributed by atoms with E-state index in [2.05, 4.69) is 10.6 Å². The summed E-state index contributed by atoms with van der Waals surface area (Å²) in [6, 6.07) is 19.5. The van der Waals surface area contributed by atoms with Crippen molar-refractivity contribution in [2.24, 2.45) is 0 Å². The highest BCUT2D eigenvalue weighted by Crippen LogP contribution is 2.31. The van der Waals surface area contributed by atoms with Crippen molar-refractivity contribution < 1.29 is 27.5 Å². The molecule has 2 N–H and O–H groups in total. The summed E-state index contributed by atoms with van der Waals surface area (Å²) in [7, 11) is 0. The van der Waals surface area contributed by atoms with E-state index >= 15 is 0 Å². The lowest BCUT2D eigenvalue weighted by molar-refractivity contribution is -0.137.